The molecular formula is C13H20FNO2. The van der Waals surface area contributed by atoms with Gasteiger partial charge in [0.1, 0.15) is 6.17 Å². The molecule has 0 spiro atoms. The normalized spacial score (nSPS) is 12.3. The van der Waals surface area contributed by atoms with E-state index in [-0.39, 0.29) is 0 Å². The van der Waals surface area contributed by atoms with Gasteiger partial charge in [0.25, 0.3) is 0 Å². The van der Waals surface area contributed by atoms with Crippen LogP contribution < -0.4 is 15.2 Å². The van der Waals surface area contributed by atoms with Crippen molar-refractivity contribution in [1.29, 1.82) is 0 Å². The minimum absolute atomic E-state index is 0.571. The van der Waals surface area contributed by atoms with E-state index >= 15 is 0 Å². The molecule has 1 rings (SSSR count). The molecule has 0 radical (unpaired) electrons. The molecule has 0 aromatic heterocycles. The molecule has 17 heavy (non-hydrogen) atoms. The Morgan fingerprint density at radius 2 is 2.00 bits per heavy atom. The Kier molecular flexibility index (Phi) is 5.22. The Morgan fingerprint density at radius 3 is 2.47 bits per heavy atom. The molecule has 1 aromatic carbocycles. The lowest BCUT2D eigenvalue weighted by Crippen LogP contribution is -2.03. The van der Waals surface area contributed by atoms with Gasteiger partial charge in [-0.05, 0) is 49.6 Å². The molecule has 0 saturated heterocycles. The number of alkyl halides is 1. The number of methoxy groups -OCH3 is 2. The fourth-order valence-corrected chi connectivity index (χ4v) is 1.77. The number of ether oxygens (including phenoxy) is 2. The van der Waals surface area contributed by atoms with E-state index in [9.17, 15) is 4.39 Å². The predicted octanol–water partition coefficient (Wildman–Crippen LogP) is 2.63. The zero-order valence-corrected chi connectivity index (χ0v) is 10.6. The fourth-order valence-electron chi connectivity index (χ4n) is 1.77. The Balaban J connectivity index is 3.17. The van der Waals surface area contributed by atoms with Crippen molar-refractivity contribution in [2.75, 3.05) is 20.8 Å². The first-order valence-electron chi connectivity index (χ1n) is 5.73. The highest BCUT2D eigenvalue weighted by molar-refractivity contribution is 5.50. The van der Waals surface area contributed by atoms with Crippen LogP contribution in [-0.2, 0) is 6.42 Å². The average Bonchev–Trinajstić information content (AvgIpc) is 2.34. The van der Waals surface area contributed by atoms with Gasteiger partial charge in [-0.1, -0.05) is 0 Å². The molecule has 0 aliphatic carbocycles. The van der Waals surface area contributed by atoms with E-state index in [1.807, 2.05) is 6.07 Å². The zero-order chi connectivity index (χ0) is 12.8. The minimum Gasteiger partial charge on any atom is -0.493 e. The summed E-state index contributed by atoms with van der Waals surface area (Å²) in [6.07, 6.45) is 0.576. The van der Waals surface area contributed by atoms with Crippen LogP contribution in [0.4, 0.5) is 4.39 Å². The van der Waals surface area contributed by atoms with Gasteiger partial charge >= 0.3 is 0 Å². The third-order valence-electron chi connectivity index (χ3n) is 2.69. The average molecular weight is 241 g/mol. The fraction of sp³-hybridized carbons (Fsp3) is 0.538. The van der Waals surface area contributed by atoms with Gasteiger partial charge in [-0.2, -0.15) is 0 Å². The van der Waals surface area contributed by atoms with Crippen LogP contribution in [0.25, 0.3) is 0 Å². The molecule has 0 heterocycles. The van der Waals surface area contributed by atoms with Crippen molar-refractivity contribution in [3.8, 4) is 11.5 Å². The maximum atomic E-state index is 13.4. The molecule has 4 heteroatoms. The molecule has 0 fully saturated rings. The van der Waals surface area contributed by atoms with Gasteiger partial charge in [0.2, 0.25) is 0 Å². The Bertz CT molecular complexity index is 367. The molecule has 0 bridgehead atoms. The van der Waals surface area contributed by atoms with E-state index in [4.69, 9.17) is 15.2 Å². The first-order valence-corrected chi connectivity index (χ1v) is 5.73. The number of rotatable bonds is 6. The Hall–Kier alpha value is -1.29. The standard InChI is InChI=1S/C13H20FNO2/c1-9(14)11-7-10(5-4-6-15)13(17-3)12(8-11)16-2/h7-9H,4-6,15H2,1-3H3. The predicted molar refractivity (Wildman–Crippen MR) is 66.4 cm³/mol. The van der Waals surface area contributed by atoms with Crippen LogP contribution in [0.1, 0.15) is 30.6 Å². The van der Waals surface area contributed by atoms with Crippen LogP contribution in [0.15, 0.2) is 12.1 Å². The van der Waals surface area contributed by atoms with E-state index < -0.39 is 6.17 Å². The lowest BCUT2D eigenvalue weighted by molar-refractivity contribution is 0.343. The second-order valence-corrected chi connectivity index (χ2v) is 3.92. The van der Waals surface area contributed by atoms with Crippen molar-refractivity contribution < 1.29 is 13.9 Å². The molecule has 0 saturated carbocycles. The molecule has 1 unspecified atom stereocenters. The van der Waals surface area contributed by atoms with Crippen molar-refractivity contribution in [2.24, 2.45) is 5.73 Å². The summed E-state index contributed by atoms with van der Waals surface area (Å²) in [5.41, 5.74) is 7.04. The quantitative estimate of drug-likeness (QED) is 0.832. The van der Waals surface area contributed by atoms with E-state index in [0.29, 0.717) is 23.6 Å². The monoisotopic (exact) mass is 241 g/mol. The third-order valence-corrected chi connectivity index (χ3v) is 2.69. The van der Waals surface area contributed by atoms with Crippen LogP contribution in [-0.4, -0.2) is 20.8 Å². The maximum absolute atomic E-state index is 13.4. The molecule has 0 aliphatic heterocycles. The van der Waals surface area contributed by atoms with Gasteiger partial charge in [-0.3, -0.25) is 0 Å². The molecule has 1 atom stereocenters. The topological polar surface area (TPSA) is 44.5 Å². The summed E-state index contributed by atoms with van der Waals surface area (Å²) in [5.74, 6) is 1.24. The summed E-state index contributed by atoms with van der Waals surface area (Å²) in [7, 11) is 3.14. The number of aryl methyl sites for hydroxylation is 1. The van der Waals surface area contributed by atoms with E-state index in [1.54, 1.807) is 20.3 Å². The van der Waals surface area contributed by atoms with Crippen molar-refractivity contribution in [3.63, 3.8) is 0 Å². The number of benzene rings is 1. The number of halogens is 1. The van der Waals surface area contributed by atoms with Gasteiger partial charge in [0, 0.05) is 0 Å². The summed E-state index contributed by atoms with van der Waals surface area (Å²) in [4.78, 5) is 0. The summed E-state index contributed by atoms with van der Waals surface area (Å²) >= 11 is 0. The Labute approximate surface area is 102 Å². The van der Waals surface area contributed by atoms with E-state index in [2.05, 4.69) is 0 Å². The molecular weight excluding hydrogens is 221 g/mol. The van der Waals surface area contributed by atoms with Gasteiger partial charge in [-0.25, -0.2) is 4.39 Å². The highest BCUT2D eigenvalue weighted by atomic mass is 19.1. The SMILES string of the molecule is COc1cc(C(C)F)cc(CCCN)c1OC. The summed E-state index contributed by atoms with van der Waals surface area (Å²) in [6.45, 7) is 2.11. The number of hydrogen-bond donors (Lipinski definition) is 1. The van der Waals surface area contributed by atoms with Crippen LogP contribution >= 0.6 is 0 Å². The summed E-state index contributed by atoms with van der Waals surface area (Å²) in [5, 5.41) is 0. The molecule has 3 nitrogen and oxygen atoms in total. The van der Waals surface area contributed by atoms with Crippen molar-refractivity contribution in [1.82, 2.24) is 0 Å². The lowest BCUT2D eigenvalue weighted by Gasteiger charge is -2.15. The van der Waals surface area contributed by atoms with Crippen LogP contribution in [0.2, 0.25) is 0 Å². The molecule has 0 aliphatic rings. The van der Waals surface area contributed by atoms with E-state index in [1.165, 1.54) is 6.92 Å². The Morgan fingerprint density at radius 1 is 1.29 bits per heavy atom. The summed E-state index contributed by atoms with van der Waals surface area (Å²) in [6, 6.07) is 3.50. The minimum atomic E-state index is -1.02. The molecule has 1 aromatic rings. The van der Waals surface area contributed by atoms with Gasteiger partial charge in [0.05, 0.1) is 14.2 Å². The molecule has 96 valence electrons. The van der Waals surface area contributed by atoms with Gasteiger partial charge < -0.3 is 15.2 Å². The van der Waals surface area contributed by atoms with Gasteiger partial charge in [-0.15, -0.1) is 0 Å². The molecule has 0 amide bonds. The lowest BCUT2D eigenvalue weighted by atomic mass is 10.0. The van der Waals surface area contributed by atoms with Crippen LogP contribution in [0.5, 0.6) is 11.5 Å². The van der Waals surface area contributed by atoms with Crippen molar-refractivity contribution >= 4 is 0 Å². The smallest absolute Gasteiger partial charge is 0.163 e. The first-order chi connectivity index (χ1) is 8.13. The van der Waals surface area contributed by atoms with E-state index in [0.717, 1.165) is 18.4 Å². The highest BCUT2D eigenvalue weighted by Gasteiger charge is 2.14. The zero-order valence-electron chi connectivity index (χ0n) is 10.6. The second-order valence-electron chi connectivity index (χ2n) is 3.92. The van der Waals surface area contributed by atoms with Gasteiger partial charge in [0.15, 0.2) is 11.5 Å². The third kappa shape index (κ3) is 3.33. The van der Waals surface area contributed by atoms with Crippen molar-refractivity contribution in [2.45, 2.75) is 25.9 Å². The number of hydrogen-bond acceptors (Lipinski definition) is 3. The summed E-state index contributed by atoms with van der Waals surface area (Å²) < 4.78 is 23.9. The highest BCUT2D eigenvalue weighted by Crippen LogP contribution is 2.35. The van der Waals surface area contributed by atoms with Crippen LogP contribution in [0.3, 0.4) is 0 Å². The van der Waals surface area contributed by atoms with Crippen molar-refractivity contribution in [3.05, 3.63) is 23.3 Å². The second kappa shape index (κ2) is 6.45. The number of nitrogens with two attached hydrogens (primary N) is 1. The molecule has 2 N–H and O–H groups in total. The van der Waals surface area contributed by atoms with Crippen LogP contribution in [0, 0.1) is 0 Å². The first kappa shape index (κ1) is 13.8. The maximum Gasteiger partial charge on any atom is 0.163 e. The largest absolute Gasteiger partial charge is 0.493 e.